The summed E-state index contributed by atoms with van der Waals surface area (Å²) in [6.07, 6.45) is 0.940. The summed E-state index contributed by atoms with van der Waals surface area (Å²) in [4.78, 5) is 24.0. The second-order valence-electron chi connectivity index (χ2n) is 5.84. The number of hydrogen-bond donors (Lipinski definition) is 2. The lowest BCUT2D eigenvalue weighted by atomic mass is 9.91. The number of carbonyl (C=O) groups excluding carboxylic acids is 1. The van der Waals surface area contributed by atoms with Crippen molar-refractivity contribution in [1.82, 2.24) is 5.32 Å². The van der Waals surface area contributed by atoms with E-state index in [0.717, 1.165) is 17.5 Å². The molecule has 0 aliphatic heterocycles. The van der Waals surface area contributed by atoms with E-state index in [1.54, 1.807) is 0 Å². The molecular weight excluding hydrogens is 309 g/mol. The van der Waals surface area contributed by atoms with Crippen molar-refractivity contribution in [3.8, 4) is 0 Å². The van der Waals surface area contributed by atoms with Gasteiger partial charge in [-0.25, -0.2) is 9.18 Å². The largest absolute Gasteiger partial charge is 0.479 e. The molecule has 0 bridgehead atoms. The van der Waals surface area contributed by atoms with Gasteiger partial charge in [0.05, 0.1) is 6.42 Å². The maximum absolute atomic E-state index is 13.1. The van der Waals surface area contributed by atoms with Gasteiger partial charge >= 0.3 is 5.97 Å². The number of carboxylic acid groups (broad SMARTS) is 1. The van der Waals surface area contributed by atoms with Gasteiger partial charge < -0.3 is 10.4 Å². The molecule has 0 spiro atoms. The molecule has 1 unspecified atom stereocenters. The number of benzene rings is 2. The van der Waals surface area contributed by atoms with Gasteiger partial charge in [-0.2, -0.15) is 0 Å². The number of carbonyl (C=O) groups is 2. The Kier molecular flexibility index (Phi) is 5.34. The minimum Gasteiger partial charge on any atom is -0.479 e. The fourth-order valence-corrected chi connectivity index (χ4v) is 2.50. The number of aryl methyl sites for hydroxylation is 1. The lowest BCUT2D eigenvalue weighted by Crippen LogP contribution is -2.50. The molecule has 5 heteroatoms. The van der Waals surface area contributed by atoms with E-state index in [2.05, 4.69) is 5.32 Å². The summed E-state index contributed by atoms with van der Waals surface area (Å²) in [6.45, 7) is 3.41. The van der Waals surface area contributed by atoms with Crippen molar-refractivity contribution in [3.05, 3.63) is 71.0 Å². The first-order valence-corrected chi connectivity index (χ1v) is 7.73. The van der Waals surface area contributed by atoms with Crippen molar-refractivity contribution in [1.29, 1.82) is 0 Å². The Morgan fingerprint density at radius 1 is 1.12 bits per heavy atom. The van der Waals surface area contributed by atoms with Crippen LogP contribution in [-0.2, 0) is 28.0 Å². The number of rotatable bonds is 6. The Labute approximate surface area is 140 Å². The van der Waals surface area contributed by atoms with Crippen LogP contribution in [0.4, 0.5) is 4.39 Å². The topological polar surface area (TPSA) is 66.4 Å². The number of amides is 1. The van der Waals surface area contributed by atoms with Crippen molar-refractivity contribution in [2.45, 2.75) is 32.2 Å². The van der Waals surface area contributed by atoms with Gasteiger partial charge in [-0.1, -0.05) is 43.3 Å². The second kappa shape index (κ2) is 7.25. The van der Waals surface area contributed by atoms with E-state index in [0.29, 0.717) is 5.56 Å². The molecule has 126 valence electrons. The van der Waals surface area contributed by atoms with Gasteiger partial charge in [0, 0.05) is 0 Å². The molecule has 1 atom stereocenters. The average molecular weight is 329 g/mol. The number of carboxylic acids is 1. The Balaban J connectivity index is 2.19. The standard InChI is InChI=1S/C19H20FNO3/c1-3-13-5-4-6-14(11-13)12-17(22)21-19(2,18(23)24)15-7-9-16(20)10-8-15/h4-11H,3,12H2,1-2H3,(H,21,22)(H,23,24). The zero-order chi connectivity index (χ0) is 17.7. The molecule has 2 aromatic carbocycles. The van der Waals surface area contributed by atoms with Gasteiger partial charge in [-0.3, -0.25) is 4.79 Å². The first kappa shape index (κ1) is 17.7. The third-order valence-corrected chi connectivity index (χ3v) is 4.00. The number of hydrogen-bond acceptors (Lipinski definition) is 2. The summed E-state index contributed by atoms with van der Waals surface area (Å²) in [5.41, 5.74) is 0.623. The molecule has 0 saturated heterocycles. The normalized spacial score (nSPS) is 13.1. The summed E-state index contributed by atoms with van der Waals surface area (Å²) in [7, 11) is 0. The van der Waals surface area contributed by atoms with Crippen LogP contribution in [-0.4, -0.2) is 17.0 Å². The highest BCUT2D eigenvalue weighted by molar-refractivity contribution is 5.88. The minimum absolute atomic E-state index is 0.0813. The fraction of sp³-hybridized carbons (Fsp3) is 0.263. The van der Waals surface area contributed by atoms with E-state index in [4.69, 9.17) is 0 Å². The smallest absolute Gasteiger partial charge is 0.333 e. The lowest BCUT2D eigenvalue weighted by Gasteiger charge is -2.27. The van der Waals surface area contributed by atoms with Gasteiger partial charge in [-0.15, -0.1) is 0 Å². The molecule has 1 amide bonds. The summed E-state index contributed by atoms with van der Waals surface area (Å²) >= 11 is 0. The maximum atomic E-state index is 13.1. The van der Waals surface area contributed by atoms with Crippen molar-refractivity contribution in [2.24, 2.45) is 0 Å². The number of nitrogens with one attached hydrogen (secondary N) is 1. The quantitative estimate of drug-likeness (QED) is 0.856. The molecule has 24 heavy (non-hydrogen) atoms. The molecule has 0 aliphatic rings. The van der Waals surface area contributed by atoms with Gasteiger partial charge in [0.1, 0.15) is 5.82 Å². The molecule has 2 rings (SSSR count). The van der Waals surface area contributed by atoms with Crippen LogP contribution in [0.2, 0.25) is 0 Å². The highest BCUT2D eigenvalue weighted by Crippen LogP contribution is 2.22. The molecule has 0 heterocycles. The van der Waals surface area contributed by atoms with Crippen molar-refractivity contribution in [3.63, 3.8) is 0 Å². The monoisotopic (exact) mass is 329 g/mol. The van der Waals surface area contributed by atoms with Crippen LogP contribution in [0.5, 0.6) is 0 Å². The zero-order valence-corrected chi connectivity index (χ0v) is 13.7. The Bertz CT molecular complexity index is 743. The maximum Gasteiger partial charge on any atom is 0.333 e. The van der Waals surface area contributed by atoms with Crippen LogP contribution in [0.3, 0.4) is 0 Å². The van der Waals surface area contributed by atoms with E-state index < -0.39 is 23.2 Å². The predicted octanol–water partition coefficient (Wildman–Crippen LogP) is 3.05. The molecule has 2 N–H and O–H groups in total. The summed E-state index contributed by atoms with van der Waals surface area (Å²) in [5, 5.41) is 12.1. The van der Waals surface area contributed by atoms with Crippen LogP contribution in [0.15, 0.2) is 48.5 Å². The molecule has 2 aromatic rings. The molecule has 0 aliphatic carbocycles. The second-order valence-corrected chi connectivity index (χ2v) is 5.84. The molecule has 0 saturated carbocycles. The average Bonchev–Trinajstić information content (AvgIpc) is 2.55. The fourth-order valence-electron chi connectivity index (χ4n) is 2.50. The van der Waals surface area contributed by atoms with Gasteiger partial charge in [0.25, 0.3) is 0 Å². The van der Waals surface area contributed by atoms with E-state index in [1.165, 1.54) is 31.2 Å². The van der Waals surface area contributed by atoms with Crippen molar-refractivity contribution >= 4 is 11.9 Å². The zero-order valence-electron chi connectivity index (χ0n) is 13.7. The first-order chi connectivity index (χ1) is 11.3. The third-order valence-electron chi connectivity index (χ3n) is 4.00. The Morgan fingerprint density at radius 3 is 2.33 bits per heavy atom. The Morgan fingerprint density at radius 2 is 1.75 bits per heavy atom. The molecule has 0 fully saturated rings. The van der Waals surface area contributed by atoms with Crippen LogP contribution < -0.4 is 5.32 Å². The Hall–Kier alpha value is -2.69. The molecular formula is C19H20FNO3. The van der Waals surface area contributed by atoms with E-state index in [-0.39, 0.29) is 6.42 Å². The van der Waals surface area contributed by atoms with E-state index in [9.17, 15) is 19.1 Å². The number of aliphatic carboxylic acids is 1. The summed E-state index contributed by atoms with van der Waals surface area (Å²) in [6, 6.07) is 12.7. The van der Waals surface area contributed by atoms with Crippen molar-refractivity contribution < 1.29 is 19.1 Å². The summed E-state index contributed by atoms with van der Waals surface area (Å²) < 4.78 is 13.1. The van der Waals surface area contributed by atoms with Gasteiger partial charge in [0.15, 0.2) is 5.54 Å². The van der Waals surface area contributed by atoms with Crippen LogP contribution in [0.1, 0.15) is 30.5 Å². The SMILES string of the molecule is CCc1cccc(CC(=O)NC(C)(C(=O)O)c2ccc(F)cc2)c1. The highest BCUT2D eigenvalue weighted by atomic mass is 19.1. The number of halogens is 1. The van der Waals surface area contributed by atoms with Crippen molar-refractivity contribution in [2.75, 3.05) is 0 Å². The van der Waals surface area contributed by atoms with E-state index >= 15 is 0 Å². The third kappa shape index (κ3) is 3.98. The highest BCUT2D eigenvalue weighted by Gasteiger charge is 2.36. The van der Waals surface area contributed by atoms with Gasteiger partial charge in [-0.05, 0) is 42.2 Å². The molecule has 0 aromatic heterocycles. The van der Waals surface area contributed by atoms with Crippen LogP contribution in [0, 0.1) is 5.82 Å². The van der Waals surface area contributed by atoms with Gasteiger partial charge in [0.2, 0.25) is 5.91 Å². The van der Waals surface area contributed by atoms with Crippen LogP contribution in [0.25, 0.3) is 0 Å². The first-order valence-electron chi connectivity index (χ1n) is 7.73. The predicted molar refractivity (Wildman–Crippen MR) is 89.1 cm³/mol. The molecule has 0 radical (unpaired) electrons. The molecule has 4 nitrogen and oxygen atoms in total. The summed E-state index contributed by atoms with van der Waals surface area (Å²) in [5.74, 6) is -2.07. The minimum atomic E-state index is -1.62. The van der Waals surface area contributed by atoms with E-state index in [1.807, 2.05) is 31.2 Å². The lowest BCUT2D eigenvalue weighted by molar-refractivity contribution is -0.147. The van der Waals surface area contributed by atoms with Crippen LogP contribution >= 0.6 is 0 Å².